The molecule has 0 fully saturated rings. The molecule has 0 N–H and O–H groups in total. The monoisotopic (exact) mass is 456 g/mol. The zero-order chi connectivity index (χ0) is 20.9. The highest BCUT2D eigenvalue weighted by Crippen LogP contribution is 2.35. The molecular formula is C27H36S3. The summed E-state index contributed by atoms with van der Waals surface area (Å²) in [6, 6.07) is 6.89. The lowest BCUT2D eigenvalue weighted by Gasteiger charge is -2.17. The summed E-state index contributed by atoms with van der Waals surface area (Å²) in [6.07, 6.45) is 12.4. The number of rotatable bonds is 0. The van der Waals surface area contributed by atoms with Gasteiger partial charge in [-0.1, -0.05) is 20.8 Å². The molecule has 30 heavy (non-hydrogen) atoms. The van der Waals surface area contributed by atoms with Crippen LogP contribution in [0.25, 0.3) is 0 Å². The van der Waals surface area contributed by atoms with Crippen molar-refractivity contribution in [2.45, 2.75) is 96.3 Å². The molecule has 3 atom stereocenters. The summed E-state index contributed by atoms with van der Waals surface area (Å²) in [6.45, 7) is 7.01. The van der Waals surface area contributed by atoms with Gasteiger partial charge in [0.25, 0.3) is 0 Å². The second-order valence-corrected chi connectivity index (χ2v) is 12.3. The molecule has 162 valence electrons. The van der Waals surface area contributed by atoms with Gasteiger partial charge in [0.05, 0.1) is 0 Å². The van der Waals surface area contributed by atoms with E-state index in [-0.39, 0.29) is 0 Å². The fraction of sp³-hybridized carbons (Fsp3) is 0.556. The number of hydrogen-bond donors (Lipinski definition) is 0. The van der Waals surface area contributed by atoms with Gasteiger partial charge in [-0.05, 0) is 127 Å². The zero-order valence-corrected chi connectivity index (χ0v) is 21.2. The van der Waals surface area contributed by atoms with Crippen LogP contribution in [0.15, 0.2) is 34.3 Å². The van der Waals surface area contributed by atoms with E-state index in [4.69, 9.17) is 0 Å². The molecule has 0 spiro atoms. The minimum absolute atomic E-state index is 0.829. The van der Waals surface area contributed by atoms with E-state index in [9.17, 15) is 0 Å². The van der Waals surface area contributed by atoms with Crippen molar-refractivity contribution in [3.8, 4) is 0 Å². The van der Waals surface area contributed by atoms with Crippen molar-refractivity contribution in [2.24, 2.45) is 0 Å². The van der Waals surface area contributed by atoms with Crippen LogP contribution in [-0.2, 0) is 19.3 Å². The first-order valence-electron chi connectivity index (χ1n) is 11.8. The van der Waals surface area contributed by atoms with E-state index in [0.717, 1.165) is 17.8 Å². The summed E-state index contributed by atoms with van der Waals surface area (Å²) in [5, 5.41) is 6.69. The second-order valence-electron chi connectivity index (χ2n) is 9.28. The standard InChI is InChI=1S/3C9H12S/c3*1-7-3-2-4-9-8(7)5-6-10-9/h3*5-7H,2-4H2,1H3/t2*7-;/m10./s1. The molecule has 1 unspecified atom stereocenters. The Morgan fingerprint density at radius 2 is 0.833 bits per heavy atom. The molecule has 0 aliphatic heterocycles. The lowest BCUT2D eigenvalue weighted by molar-refractivity contribution is 0.598. The highest BCUT2D eigenvalue weighted by atomic mass is 32.1. The minimum atomic E-state index is 0.829. The maximum absolute atomic E-state index is 2.34. The van der Waals surface area contributed by atoms with Gasteiger partial charge in [-0.3, -0.25) is 0 Å². The maximum atomic E-state index is 2.34. The van der Waals surface area contributed by atoms with Crippen molar-refractivity contribution in [3.05, 3.63) is 65.7 Å². The highest BCUT2D eigenvalue weighted by molar-refractivity contribution is 7.10. The van der Waals surface area contributed by atoms with Gasteiger partial charge in [0, 0.05) is 14.6 Å². The van der Waals surface area contributed by atoms with Crippen molar-refractivity contribution in [1.82, 2.24) is 0 Å². The molecule has 6 rings (SSSR count). The van der Waals surface area contributed by atoms with E-state index in [1.54, 1.807) is 31.3 Å². The Morgan fingerprint density at radius 3 is 1.10 bits per heavy atom. The molecule has 3 aromatic rings. The van der Waals surface area contributed by atoms with Gasteiger partial charge in [-0.25, -0.2) is 0 Å². The molecule has 0 nitrogen and oxygen atoms in total. The first kappa shape index (κ1) is 22.3. The zero-order valence-electron chi connectivity index (χ0n) is 18.8. The minimum Gasteiger partial charge on any atom is -0.149 e. The Labute approximate surface area is 195 Å². The van der Waals surface area contributed by atoms with E-state index in [1.165, 1.54) is 57.8 Å². The van der Waals surface area contributed by atoms with E-state index in [0.29, 0.717) is 0 Å². The van der Waals surface area contributed by atoms with E-state index < -0.39 is 0 Å². The topological polar surface area (TPSA) is 0 Å². The average molecular weight is 457 g/mol. The number of fused-ring (bicyclic) bond motifs is 3. The highest BCUT2D eigenvalue weighted by Gasteiger charge is 2.17. The van der Waals surface area contributed by atoms with Crippen LogP contribution in [0.5, 0.6) is 0 Å². The van der Waals surface area contributed by atoms with Crippen LogP contribution < -0.4 is 0 Å². The van der Waals surface area contributed by atoms with Crippen LogP contribution in [0.3, 0.4) is 0 Å². The largest absolute Gasteiger partial charge is 0.149 e. The van der Waals surface area contributed by atoms with Crippen LogP contribution in [0.2, 0.25) is 0 Å². The Bertz CT molecular complexity index is 793. The normalized spacial score (nSPS) is 24.3. The Balaban J connectivity index is 0.000000109. The van der Waals surface area contributed by atoms with Crippen LogP contribution in [0.1, 0.15) is 108 Å². The molecule has 0 saturated heterocycles. The molecule has 3 aliphatic carbocycles. The summed E-state index contributed by atoms with van der Waals surface area (Å²) in [4.78, 5) is 4.91. The SMILES string of the molecule is CC1CCCc2sccc21.C[C@@H]1CCCc2sccc21.C[C@H]1CCCc2sccc21. The third-order valence-electron chi connectivity index (χ3n) is 7.06. The number of aryl methyl sites for hydroxylation is 3. The van der Waals surface area contributed by atoms with E-state index in [2.05, 4.69) is 55.1 Å². The smallest absolute Gasteiger partial charge is 0.00799 e. The van der Waals surface area contributed by atoms with Crippen molar-refractivity contribution in [3.63, 3.8) is 0 Å². The van der Waals surface area contributed by atoms with Crippen molar-refractivity contribution in [2.75, 3.05) is 0 Å². The van der Waals surface area contributed by atoms with Gasteiger partial charge in [-0.15, -0.1) is 34.0 Å². The summed E-state index contributed by atoms with van der Waals surface area (Å²) in [7, 11) is 0. The second kappa shape index (κ2) is 10.6. The van der Waals surface area contributed by atoms with Gasteiger partial charge in [0.2, 0.25) is 0 Å². The fourth-order valence-electron chi connectivity index (χ4n) is 5.15. The lowest BCUT2D eigenvalue weighted by Crippen LogP contribution is -2.02. The van der Waals surface area contributed by atoms with E-state index >= 15 is 0 Å². The van der Waals surface area contributed by atoms with Crippen molar-refractivity contribution < 1.29 is 0 Å². The Hall–Kier alpha value is -0.900. The third kappa shape index (κ3) is 5.29. The van der Waals surface area contributed by atoms with Gasteiger partial charge in [-0.2, -0.15) is 0 Å². The quantitative estimate of drug-likeness (QED) is 0.316. The average Bonchev–Trinajstić information content (AvgIpc) is 3.50. The van der Waals surface area contributed by atoms with Crippen molar-refractivity contribution in [1.29, 1.82) is 0 Å². The maximum Gasteiger partial charge on any atom is 0.00799 e. The summed E-state index contributed by atoms with van der Waals surface area (Å²) in [5.41, 5.74) is 4.86. The van der Waals surface area contributed by atoms with Crippen LogP contribution in [-0.4, -0.2) is 0 Å². The van der Waals surface area contributed by atoms with Gasteiger partial charge < -0.3 is 0 Å². The summed E-state index contributed by atoms with van der Waals surface area (Å²) in [5.74, 6) is 2.49. The number of hydrogen-bond acceptors (Lipinski definition) is 3. The predicted molar refractivity (Wildman–Crippen MR) is 137 cm³/mol. The molecule has 0 saturated carbocycles. The predicted octanol–water partition coefficient (Wildman–Crippen LogP) is 9.56. The molecule has 0 amide bonds. The molecule has 3 heteroatoms. The van der Waals surface area contributed by atoms with Crippen LogP contribution in [0, 0.1) is 0 Å². The molecule has 0 aromatic carbocycles. The van der Waals surface area contributed by atoms with Crippen LogP contribution in [0.4, 0.5) is 0 Å². The van der Waals surface area contributed by atoms with Gasteiger partial charge in [0.1, 0.15) is 0 Å². The molecule has 3 aromatic heterocycles. The van der Waals surface area contributed by atoms with Crippen molar-refractivity contribution >= 4 is 34.0 Å². The fourth-order valence-corrected chi connectivity index (χ4v) is 8.29. The summed E-state index contributed by atoms with van der Waals surface area (Å²) < 4.78 is 0. The Morgan fingerprint density at radius 1 is 0.533 bits per heavy atom. The third-order valence-corrected chi connectivity index (χ3v) is 10.0. The van der Waals surface area contributed by atoms with E-state index in [1.807, 2.05) is 34.0 Å². The van der Waals surface area contributed by atoms with Gasteiger partial charge in [0.15, 0.2) is 0 Å². The first-order valence-corrected chi connectivity index (χ1v) is 14.5. The molecule has 0 radical (unpaired) electrons. The van der Waals surface area contributed by atoms with Gasteiger partial charge >= 0.3 is 0 Å². The molecule has 0 bridgehead atoms. The lowest BCUT2D eigenvalue weighted by atomic mass is 9.90. The molecular weight excluding hydrogens is 420 g/mol. The Kier molecular flexibility index (Phi) is 7.89. The van der Waals surface area contributed by atoms with Crippen LogP contribution >= 0.6 is 34.0 Å². The molecule has 3 aliphatic rings. The summed E-state index contributed by atoms with van der Waals surface area (Å²) >= 11 is 5.79. The first-order chi connectivity index (χ1) is 14.6. The molecule has 3 heterocycles. The number of thiophene rings is 3.